The molecule has 0 unspecified atom stereocenters. The Morgan fingerprint density at radius 2 is 2.24 bits per heavy atom. The number of nitrogens with zero attached hydrogens (tertiary/aromatic N) is 3. The zero-order valence-corrected chi connectivity index (χ0v) is 11.4. The van der Waals surface area contributed by atoms with E-state index in [4.69, 9.17) is 9.84 Å². The average Bonchev–Trinajstić information content (AvgIpc) is 2.78. The standard InChI is InChI=1S/C13H13N3O5/c1-8-3-4-12(10(5-8)16(19)20)21-7-11-9(13(17)18)6-14-15(11)2/h3-6H,7H2,1-2H3,(H,17,18). The Morgan fingerprint density at radius 1 is 1.52 bits per heavy atom. The first-order chi connectivity index (χ1) is 9.90. The number of aromatic nitrogens is 2. The molecule has 0 aliphatic carbocycles. The summed E-state index contributed by atoms with van der Waals surface area (Å²) in [5.74, 6) is -1.04. The molecular weight excluding hydrogens is 278 g/mol. The summed E-state index contributed by atoms with van der Waals surface area (Å²) < 4.78 is 6.77. The lowest BCUT2D eigenvalue weighted by Gasteiger charge is -2.08. The largest absolute Gasteiger partial charge is 0.480 e. The van der Waals surface area contributed by atoms with Crippen molar-refractivity contribution in [3.8, 4) is 5.75 Å². The van der Waals surface area contributed by atoms with Gasteiger partial charge in [-0.3, -0.25) is 14.8 Å². The number of carbonyl (C=O) groups is 1. The summed E-state index contributed by atoms with van der Waals surface area (Å²) in [5, 5.41) is 23.9. The molecule has 1 aromatic carbocycles. The van der Waals surface area contributed by atoms with Crippen LogP contribution in [0.1, 0.15) is 21.6 Å². The maximum atomic E-state index is 11.0. The van der Waals surface area contributed by atoms with Gasteiger partial charge in [-0.25, -0.2) is 4.79 Å². The Balaban J connectivity index is 2.27. The maximum absolute atomic E-state index is 11.0. The molecule has 0 saturated heterocycles. The van der Waals surface area contributed by atoms with Gasteiger partial charge in [-0.05, 0) is 18.6 Å². The van der Waals surface area contributed by atoms with E-state index in [1.165, 1.54) is 23.0 Å². The number of hydrogen-bond acceptors (Lipinski definition) is 5. The summed E-state index contributed by atoms with van der Waals surface area (Å²) in [4.78, 5) is 21.5. The molecule has 8 heteroatoms. The van der Waals surface area contributed by atoms with Crippen LogP contribution in [0.5, 0.6) is 5.75 Å². The van der Waals surface area contributed by atoms with Crippen LogP contribution in [0.25, 0.3) is 0 Å². The van der Waals surface area contributed by atoms with Crippen molar-refractivity contribution in [3.05, 3.63) is 51.3 Å². The van der Waals surface area contributed by atoms with Gasteiger partial charge < -0.3 is 9.84 Å². The molecule has 2 aromatic rings. The molecule has 0 bridgehead atoms. The van der Waals surface area contributed by atoms with Crippen LogP contribution in [0.4, 0.5) is 5.69 Å². The number of nitro benzene ring substituents is 1. The van der Waals surface area contributed by atoms with E-state index in [2.05, 4.69) is 5.10 Å². The summed E-state index contributed by atoms with van der Waals surface area (Å²) in [6, 6.07) is 4.57. The van der Waals surface area contributed by atoms with Crippen molar-refractivity contribution in [1.82, 2.24) is 9.78 Å². The summed E-state index contributed by atoms with van der Waals surface area (Å²) >= 11 is 0. The number of nitro groups is 1. The second-order valence-corrected chi connectivity index (χ2v) is 4.45. The van der Waals surface area contributed by atoms with E-state index in [1.807, 2.05) is 0 Å². The van der Waals surface area contributed by atoms with Gasteiger partial charge in [0, 0.05) is 13.1 Å². The van der Waals surface area contributed by atoms with Crippen LogP contribution in [0, 0.1) is 17.0 Å². The van der Waals surface area contributed by atoms with Crippen LogP contribution in [0.2, 0.25) is 0 Å². The first kappa shape index (κ1) is 14.5. The third kappa shape index (κ3) is 2.99. The minimum atomic E-state index is -1.12. The van der Waals surface area contributed by atoms with E-state index in [1.54, 1.807) is 20.0 Å². The maximum Gasteiger partial charge on any atom is 0.339 e. The quantitative estimate of drug-likeness (QED) is 0.666. The molecule has 2 rings (SSSR count). The van der Waals surface area contributed by atoms with E-state index in [0.29, 0.717) is 5.69 Å². The van der Waals surface area contributed by atoms with Crippen LogP contribution in [-0.4, -0.2) is 25.8 Å². The molecule has 8 nitrogen and oxygen atoms in total. The molecule has 1 heterocycles. The molecular formula is C13H13N3O5. The SMILES string of the molecule is Cc1ccc(OCc2c(C(=O)O)cnn2C)c([N+](=O)[O-])c1. The van der Waals surface area contributed by atoms with Gasteiger partial charge in [0.25, 0.3) is 0 Å². The van der Waals surface area contributed by atoms with Gasteiger partial charge in [0.05, 0.1) is 16.8 Å². The number of aromatic carboxylic acids is 1. The molecule has 0 spiro atoms. The molecule has 0 saturated carbocycles. The van der Waals surface area contributed by atoms with E-state index in [0.717, 1.165) is 5.56 Å². The highest BCUT2D eigenvalue weighted by atomic mass is 16.6. The molecule has 0 atom stereocenters. The highest BCUT2D eigenvalue weighted by Crippen LogP contribution is 2.28. The van der Waals surface area contributed by atoms with Crippen molar-refractivity contribution in [3.63, 3.8) is 0 Å². The molecule has 21 heavy (non-hydrogen) atoms. The Kier molecular flexibility index (Phi) is 3.88. The van der Waals surface area contributed by atoms with Crippen LogP contribution in [0.3, 0.4) is 0 Å². The first-order valence-electron chi connectivity index (χ1n) is 6.02. The normalized spacial score (nSPS) is 10.4. The van der Waals surface area contributed by atoms with Crippen molar-refractivity contribution in [2.75, 3.05) is 0 Å². The smallest absolute Gasteiger partial charge is 0.339 e. The van der Waals surface area contributed by atoms with Gasteiger partial charge in [0.1, 0.15) is 12.2 Å². The van der Waals surface area contributed by atoms with Gasteiger partial charge in [0.2, 0.25) is 0 Å². The predicted octanol–water partition coefficient (Wildman–Crippen LogP) is 1.91. The number of benzene rings is 1. The topological polar surface area (TPSA) is 107 Å². The molecule has 0 radical (unpaired) electrons. The lowest BCUT2D eigenvalue weighted by atomic mass is 10.2. The molecule has 110 valence electrons. The number of carboxylic acids is 1. The molecule has 1 aromatic heterocycles. The zero-order valence-electron chi connectivity index (χ0n) is 11.4. The highest BCUT2D eigenvalue weighted by molar-refractivity contribution is 5.88. The first-order valence-corrected chi connectivity index (χ1v) is 6.02. The second kappa shape index (κ2) is 5.61. The van der Waals surface area contributed by atoms with Gasteiger partial charge in [0.15, 0.2) is 5.75 Å². The number of ether oxygens (including phenoxy) is 1. The number of carboxylic acid groups (broad SMARTS) is 1. The molecule has 0 fully saturated rings. The fraction of sp³-hybridized carbons (Fsp3) is 0.231. The van der Waals surface area contributed by atoms with E-state index < -0.39 is 10.9 Å². The minimum Gasteiger partial charge on any atom is -0.480 e. The van der Waals surface area contributed by atoms with Gasteiger partial charge in [-0.2, -0.15) is 5.10 Å². The summed E-state index contributed by atoms with van der Waals surface area (Å²) in [7, 11) is 1.58. The van der Waals surface area contributed by atoms with Crippen LogP contribution in [-0.2, 0) is 13.7 Å². The van der Waals surface area contributed by atoms with Crippen LogP contribution >= 0.6 is 0 Å². The Bertz CT molecular complexity index is 708. The van der Waals surface area contributed by atoms with E-state index in [9.17, 15) is 14.9 Å². The molecule has 0 amide bonds. The second-order valence-electron chi connectivity index (χ2n) is 4.45. The number of aryl methyl sites for hydroxylation is 2. The third-order valence-corrected chi connectivity index (χ3v) is 2.97. The number of rotatable bonds is 5. The summed E-state index contributed by atoms with van der Waals surface area (Å²) in [6.45, 7) is 1.61. The average molecular weight is 291 g/mol. The third-order valence-electron chi connectivity index (χ3n) is 2.97. The number of hydrogen-bond donors (Lipinski definition) is 1. The Hall–Kier alpha value is -2.90. The van der Waals surface area contributed by atoms with Gasteiger partial charge in [-0.1, -0.05) is 6.07 Å². The van der Waals surface area contributed by atoms with Crippen molar-refractivity contribution >= 4 is 11.7 Å². The van der Waals surface area contributed by atoms with Crippen molar-refractivity contribution < 1.29 is 19.6 Å². The lowest BCUT2D eigenvalue weighted by Crippen LogP contribution is -2.09. The van der Waals surface area contributed by atoms with Crippen molar-refractivity contribution in [2.24, 2.45) is 7.05 Å². The summed E-state index contributed by atoms with van der Waals surface area (Å²) in [6.07, 6.45) is 1.21. The van der Waals surface area contributed by atoms with Crippen molar-refractivity contribution in [2.45, 2.75) is 13.5 Å². The Labute approximate surface area is 119 Å². The van der Waals surface area contributed by atoms with Crippen LogP contribution < -0.4 is 4.74 Å². The summed E-state index contributed by atoms with van der Waals surface area (Å²) in [5.41, 5.74) is 0.916. The predicted molar refractivity (Wildman–Crippen MR) is 72.3 cm³/mol. The highest BCUT2D eigenvalue weighted by Gasteiger charge is 2.19. The van der Waals surface area contributed by atoms with Crippen LogP contribution in [0.15, 0.2) is 24.4 Å². The molecule has 0 aliphatic rings. The van der Waals surface area contributed by atoms with Gasteiger partial charge in [-0.15, -0.1) is 0 Å². The lowest BCUT2D eigenvalue weighted by molar-refractivity contribution is -0.386. The zero-order chi connectivity index (χ0) is 15.6. The monoisotopic (exact) mass is 291 g/mol. The fourth-order valence-corrected chi connectivity index (χ4v) is 1.85. The minimum absolute atomic E-state index is 0.00673. The fourth-order valence-electron chi connectivity index (χ4n) is 1.85. The van der Waals surface area contributed by atoms with Crippen molar-refractivity contribution in [1.29, 1.82) is 0 Å². The molecule has 1 N–H and O–H groups in total. The van der Waals surface area contributed by atoms with Gasteiger partial charge >= 0.3 is 11.7 Å². The molecule has 0 aliphatic heterocycles. The van der Waals surface area contributed by atoms with E-state index in [-0.39, 0.29) is 23.6 Å². The Morgan fingerprint density at radius 3 is 2.86 bits per heavy atom. The van der Waals surface area contributed by atoms with E-state index >= 15 is 0 Å².